The average molecular weight is 218 g/mol. The summed E-state index contributed by atoms with van der Waals surface area (Å²) in [6, 6.07) is 1.97. The minimum atomic E-state index is -0.188. The Morgan fingerprint density at radius 3 is 2.81 bits per heavy atom. The van der Waals surface area contributed by atoms with Crippen LogP contribution in [0.2, 0.25) is 0 Å². The highest BCUT2D eigenvalue weighted by molar-refractivity contribution is 5.85. The van der Waals surface area contributed by atoms with Crippen LogP contribution >= 0.6 is 0 Å². The maximum Gasteiger partial charge on any atom is 0.325 e. The Morgan fingerprint density at radius 2 is 2.00 bits per heavy atom. The van der Waals surface area contributed by atoms with Crippen molar-refractivity contribution in [2.75, 3.05) is 18.0 Å². The van der Waals surface area contributed by atoms with Crippen molar-refractivity contribution >= 4 is 16.9 Å². The van der Waals surface area contributed by atoms with E-state index in [-0.39, 0.29) is 5.69 Å². The van der Waals surface area contributed by atoms with Crippen molar-refractivity contribution in [1.82, 2.24) is 15.0 Å². The number of anilines is 1. The Labute approximate surface area is 92.5 Å². The van der Waals surface area contributed by atoms with Crippen LogP contribution in [0.1, 0.15) is 19.3 Å². The number of hydrogen-bond acceptors (Lipinski definition) is 3. The molecule has 1 fully saturated rings. The first-order chi connectivity index (χ1) is 7.84. The van der Waals surface area contributed by atoms with Gasteiger partial charge in [-0.25, -0.2) is 9.78 Å². The van der Waals surface area contributed by atoms with Crippen molar-refractivity contribution in [1.29, 1.82) is 0 Å². The summed E-state index contributed by atoms with van der Waals surface area (Å²) in [7, 11) is 0. The molecule has 84 valence electrons. The molecule has 0 aliphatic carbocycles. The number of aromatic amines is 2. The Morgan fingerprint density at radius 1 is 1.19 bits per heavy atom. The summed E-state index contributed by atoms with van der Waals surface area (Å²) < 4.78 is 0. The summed E-state index contributed by atoms with van der Waals surface area (Å²) in [6.07, 6.45) is 5.49. The van der Waals surface area contributed by atoms with E-state index < -0.39 is 0 Å². The maximum absolute atomic E-state index is 11.3. The third-order valence-electron chi connectivity index (χ3n) is 3.10. The Kier molecular flexibility index (Phi) is 2.16. The lowest BCUT2D eigenvalue weighted by Crippen LogP contribution is -2.29. The van der Waals surface area contributed by atoms with Crippen LogP contribution in [-0.4, -0.2) is 28.0 Å². The molecule has 5 nitrogen and oxygen atoms in total. The number of imidazole rings is 1. The lowest BCUT2D eigenvalue weighted by Gasteiger charge is -2.28. The van der Waals surface area contributed by atoms with E-state index in [4.69, 9.17) is 0 Å². The molecular weight excluding hydrogens is 204 g/mol. The molecule has 2 aromatic heterocycles. The van der Waals surface area contributed by atoms with Gasteiger partial charge < -0.3 is 9.88 Å². The van der Waals surface area contributed by atoms with Crippen LogP contribution in [0.3, 0.4) is 0 Å². The van der Waals surface area contributed by atoms with E-state index in [0.717, 1.165) is 24.3 Å². The lowest BCUT2D eigenvalue weighted by molar-refractivity contribution is 0.578. The number of piperidine rings is 1. The zero-order valence-corrected chi connectivity index (χ0v) is 8.99. The highest BCUT2D eigenvalue weighted by Gasteiger charge is 2.15. The van der Waals surface area contributed by atoms with Crippen LogP contribution in [0.5, 0.6) is 0 Å². The Bertz CT molecular complexity index is 550. The SMILES string of the molecule is O=c1[nH]c2nccc(N3CCCCC3)c2[nH]1. The zero-order valence-electron chi connectivity index (χ0n) is 8.99. The maximum atomic E-state index is 11.3. The predicted molar refractivity (Wildman–Crippen MR) is 62.8 cm³/mol. The van der Waals surface area contributed by atoms with Crippen LogP contribution in [0.4, 0.5) is 5.69 Å². The summed E-state index contributed by atoms with van der Waals surface area (Å²) >= 11 is 0. The minimum absolute atomic E-state index is 0.188. The van der Waals surface area contributed by atoms with Crippen molar-refractivity contribution in [2.24, 2.45) is 0 Å². The van der Waals surface area contributed by atoms with Gasteiger partial charge in [0, 0.05) is 19.3 Å². The van der Waals surface area contributed by atoms with Gasteiger partial charge in [-0.15, -0.1) is 0 Å². The summed E-state index contributed by atoms with van der Waals surface area (Å²) in [5, 5.41) is 0. The van der Waals surface area contributed by atoms with E-state index in [1.165, 1.54) is 19.3 Å². The molecule has 2 N–H and O–H groups in total. The number of pyridine rings is 1. The molecule has 3 heterocycles. The Balaban J connectivity index is 2.11. The van der Waals surface area contributed by atoms with Gasteiger partial charge in [-0.3, -0.25) is 4.98 Å². The predicted octanol–water partition coefficient (Wildman–Crippen LogP) is 1.24. The van der Waals surface area contributed by atoms with Gasteiger partial charge in [0.1, 0.15) is 5.52 Å². The number of rotatable bonds is 1. The van der Waals surface area contributed by atoms with Crippen molar-refractivity contribution in [2.45, 2.75) is 19.3 Å². The average Bonchev–Trinajstić information content (AvgIpc) is 2.70. The molecule has 1 aliphatic rings. The molecule has 0 radical (unpaired) electrons. The highest BCUT2D eigenvalue weighted by atomic mass is 16.1. The topological polar surface area (TPSA) is 64.8 Å². The standard InChI is InChI=1S/C11H14N4O/c16-11-13-9-8(4-5-12-10(9)14-11)15-6-2-1-3-7-15/h4-5H,1-3,6-7H2,(H2,12,13,14,16). The molecule has 0 saturated carbocycles. The van der Waals surface area contributed by atoms with E-state index in [9.17, 15) is 4.79 Å². The van der Waals surface area contributed by atoms with Gasteiger partial charge in [0.2, 0.25) is 0 Å². The molecule has 1 saturated heterocycles. The molecule has 5 heteroatoms. The first kappa shape index (κ1) is 9.45. The third kappa shape index (κ3) is 1.48. The van der Waals surface area contributed by atoms with Crippen LogP contribution in [0.15, 0.2) is 17.1 Å². The van der Waals surface area contributed by atoms with Gasteiger partial charge >= 0.3 is 5.69 Å². The van der Waals surface area contributed by atoms with Crippen LogP contribution in [0.25, 0.3) is 11.2 Å². The molecule has 0 unspecified atom stereocenters. The number of H-pyrrole nitrogens is 2. The van der Waals surface area contributed by atoms with Crippen molar-refractivity contribution in [3.05, 3.63) is 22.7 Å². The molecule has 16 heavy (non-hydrogen) atoms. The second-order valence-electron chi connectivity index (χ2n) is 4.18. The van der Waals surface area contributed by atoms with Crippen molar-refractivity contribution in [3.63, 3.8) is 0 Å². The zero-order chi connectivity index (χ0) is 11.0. The summed E-state index contributed by atoms with van der Waals surface area (Å²) in [5.41, 5.74) is 2.37. The molecule has 0 bridgehead atoms. The molecule has 0 amide bonds. The number of nitrogens with one attached hydrogen (secondary N) is 2. The van der Waals surface area contributed by atoms with E-state index >= 15 is 0 Å². The molecule has 1 aliphatic heterocycles. The van der Waals surface area contributed by atoms with Gasteiger partial charge in [0.05, 0.1) is 5.69 Å². The molecule has 0 aromatic carbocycles. The largest absolute Gasteiger partial charge is 0.370 e. The monoisotopic (exact) mass is 218 g/mol. The summed E-state index contributed by atoms with van der Waals surface area (Å²) in [4.78, 5) is 23.2. The number of aromatic nitrogens is 3. The van der Waals surface area contributed by atoms with E-state index in [1.807, 2.05) is 6.07 Å². The molecular formula is C11H14N4O. The normalized spacial score (nSPS) is 16.9. The molecule has 0 atom stereocenters. The smallest absolute Gasteiger partial charge is 0.325 e. The second kappa shape index (κ2) is 3.66. The number of fused-ring (bicyclic) bond motifs is 1. The van der Waals surface area contributed by atoms with E-state index in [1.54, 1.807) is 6.20 Å². The van der Waals surface area contributed by atoms with Gasteiger partial charge in [0.15, 0.2) is 5.65 Å². The quantitative estimate of drug-likeness (QED) is 0.757. The third-order valence-corrected chi connectivity index (χ3v) is 3.10. The molecule has 2 aromatic rings. The molecule has 0 spiro atoms. The molecule has 3 rings (SSSR count). The highest BCUT2D eigenvalue weighted by Crippen LogP contribution is 2.24. The second-order valence-corrected chi connectivity index (χ2v) is 4.18. The fourth-order valence-corrected chi connectivity index (χ4v) is 2.32. The minimum Gasteiger partial charge on any atom is -0.370 e. The van der Waals surface area contributed by atoms with Gasteiger partial charge in [0.25, 0.3) is 0 Å². The van der Waals surface area contributed by atoms with E-state index in [2.05, 4.69) is 19.9 Å². The van der Waals surface area contributed by atoms with Gasteiger partial charge in [-0.05, 0) is 25.3 Å². The number of hydrogen-bond donors (Lipinski definition) is 2. The van der Waals surface area contributed by atoms with Crippen LogP contribution < -0.4 is 10.6 Å². The first-order valence-corrected chi connectivity index (χ1v) is 5.66. The van der Waals surface area contributed by atoms with E-state index in [0.29, 0.717) is 5.65 Å². The Hall–Kier alpha value is -1.78. The van der Waals surface area contributed by atoms with Gasteiger partial charge in [-0.1, -0.05) is 0 Å². The van der Waals surface area contributed by atoms with Crippen LogP contribution in [-0.2, 0) is 0 Å². The van der Waals surface area contributed by atoms with Crippen molar-refractivity contribution < 1.29 is 0 Å². The van der Waals surface area contributed by atoms with Crippen LogP contribution in [0, 0.1) is 0 Å². The summed E-state index contributed by atoms with van der Waals surface area (Å²) in [6.45, 7) is 2.12. The van der Waals surface area contributed by atoms with Gasteiger partial charge in [-0.2, -0.15) is 0 Å². The van der Waals surface area contributed by atoms with Crippen molar-refractivity contribution in [3.8, 4) is 0 Å². The fourth-order valence-electron chi connectivity index (χ4n) is 2.32. The fraction of sp³-hybridized carbons (Fsp3) is 0.455. The summed E-state index contributed by atoms with van der Waals surface area (Å²) in [5.74, 6) is 0. The lowest BCUT2D eigenvalue weighted by atomic mass is 10.1. The number of nitrogens with zero attached hydrogens (tertiary/aromatic N) is 2. The first-order valence-electron chi connectivity index (χ1n) is 5.66.